The first-order valence-corrected chi connectivity index (χ1v) is 12.5. The first kappa shape index (κ1) is 24.7. The average Bonchev–Trinajstić information content (AvgIpc) is 3.08. The smallest absolute Gasteiger partial charge is 0.284 e. The van der Waals surface area contributed by atoms with Gasteiger partial charge in [0.15, 0.2) is 5.17 Å². The molecule has 9 nitrogen and oxygen atoms in total. The summed E-state index contributed by atoms with van der Waals surface area (Å²) in [6.45, 7) is 0.630. The van der Waals surface area contributed by atoms with Crippen molar-refractivity contribution in [1.29, 1.82) is 0 Å². The molecule has 1 aliphatic heterocycles. The summed E-state index contributed by atoms with van der Waals surface area (Å²) in [6, 6.07) is 14.6. The fourth-order valence-corrected chi connectivity index (χ4v) is 5.51. The van der Waals surface area contributed by atoms with E-state index in [0.717, 1.165) is 11.8 Å². The molecule has 1 aliphatic rings. The van der Waals surface area contributed by atoms with E-state index in [4.69, 9.17) is 9.47 Å². The molecule has 1 N–H and O–H groups in total. The predicted molar refractivity (Wildman–Crippen MR) is 127 cm³/mol. The van der Waals surface area contributed by atoms with E-state index in [1.165, 1.54) is 24.1 Å². The highest BCUT2D eigenvalue weighted by Crippen LogP contribution is 2.31. The van der Waals surface area contributed by atoms with Gasteiger partial charge >= 0.3 is 0 Å². The highest BCUT2D eigenvalue weighted by atomic mass is 32.2. The fourth-order valence-electron chi connectivity index (χ4n) is 3.11. The topological polar surface area (TPSA) is 114 Å². The largest absolute Gasteiger partial charge is 0.497 e. The van der Waals surface area contributed by atoms with Crippen LogP contribution in [0.5, 0.6) is 5.75 Å². The van der Waals surface area contributed by atoms with Crippen LogP contribution in [0.2, 0.25) is 0 Å². The lowest BCUT2D eigenvalue weighted by atomic mass is 10.2. The zero-order valence-corrected chi connectivity index (χ0v) is 19.9. The van der Waals surface area contributed by atoms with Gasteiger partial charge in [0, 0.05) is 38.4 Å². The van der Waals surface area contributed by atoms with Crippen LogP contribution < -0.4 is 10.1 Å². The van der Waals surface area contributed by atoms with Crippen LogP contribution in [0.1, 0.15) is 12.8 Å². The van der Waals surface area contributed by atoms with Crippen molar-refractivity contribution in [1.82, 2.24) is 4.90 Å². The Kier molecular flexibility index (Phi) is 8.48. The molecule has 1 atom stereocenters. The molecule has 33 heavy (non-hydrogen) atoms. The lowest BCUT2D eigenvalue weighted by molar-refractivity contribution is -0.128. The number of carbonyl (C=O) groups excluding carboxylic acids is 2. The second-order valence-corrected chi connectivity index (χ2v) is 9.86. The number of nitrogens with one attached hydrogen (secondary N) is 1. The first-order chi connectivity index (χ1) is 15.8. The number of hydrogen-bond acceptors (Lipinski definition) is 7. The minimum atomic E-state index is -4.01. The monoisotopic (exact) mass is 491 g/mol. The Hall–Kier alpha value is -2.89. The quantitative estimate of drug-likeness (QED) is 0.508. The highest BCUT2D eigenvalue weighted by Gasteiger charge is 2.40. The molecule has 0 unspecified atom stereocenters. The highest BCUT2D eigenvalue weighted by molar-refractivity contribution is 8.16. The predicted octanol–water partition coefficient (Wildman–Crippen LogP) is 2.75. The Bertz CT molecular complexity index is 1120. The van der Waals surface area contributed by atoms with Crippen molar-refractivity contribution in [2.24, 2.45) is 4.40 Å². The summed E-state index contributed by atoms with van der Waals surface area (Å²) in [7, 11) is -0.943. The molecular weight excluding hydrogens is 466 g/mol. The van der Waals surface area contributed by atoms with E-state index in [9.17, 15) is 18.0 Å². The molecule has 0 saturated carbocycles. The summed E-state index contributed by atoms with van der Waals surface area (Å²) in [5.41, 5.74) is 0.535. The summed E-state index contributed by atoms with van der Waals surface area (Å²) >= 11 is 0.974. The van der Waals surface area contributed by atoms with Crippen molar-refractivity contribution in [2.75, 3.05) is 32.7 Å². The molecule has 2 amide bonds. The van der Waals surface area contributed by atoms with E-state index in [2.05, 4.69) is 9.71 Å². The zero-order valence-electron chi connectivity index (χ0n) is 18.3. The van der Waals surface area contributed by atoms with Crippen LogP contribution in [-0.4, -0.2) is 62.9 Å². The SMILES string of the molecule is COCCCN1C(=O)[C@@H](CC(=O)Nc2cccc(OC)c2)SC1=NS(=O)(=O)c1ccccc1. The number of carbonyl (C=O) groups is 2. The Morgan fingerprint density at radius 2 is 1.91 bits per heavy atom. The third-order valence-corrected chi connectivity index (χ3v) is 7.29. The molecule has 1 heterocycles. The molecule has 176 valence electrons. The number of sulfonamides is 1. The fraction of sp³-hybridized carbons (Fsp3) is 0.318. The molecule has 2 aromatic rings. The van der Waals surface area contributed by atoms with Gasteiger partial charge in [-0.15, -0.1) is 4.40 Å². The van der Waals surface area contributed by atoms with Gasteiger partial charge in [0.2, 0.25) is 11.8 Å². The van der Waals surface area contributed by atoms with E-state index >= 15 is 0 Å². The Labute approximate surface area is 197 Å². The number of amidine groups is 1. The van der Waals surface area contributed by atoms with Crippen molar-refractivity contribution >= 4 is 44.5 Å². The van der Waals surface area contributed by atoms with Gasteiger partial charge in [0.05, 0.1) is 12.0 Å². The molecule has 0 radical (unpaired) electrons. The van der Waals surface area contributed by atoms with Crippen molar-refractivity contribution in [3.63, 3.8) is 0 Å². The number of rotatable bonds is 10. The molecule has 0 aliphatic carbocycles. The van der Waals surface area contributed by atoms with Gasteiger partial charge in [-0.2, -0.15) is 8.42 Å². The Morgan fingerprint density at radius 1 is 1.15 bits per heavy atom. The maximum atomic E-state index is 13.0. The molecule has 0 bridgehead atoms. The molecule has 0 aromatic heterocycles. The van der Waals surface area contributed by atoms with Gasteiger partial charge in [-0.05, 0) is 30.7 Å². The number of ether oxygens (including phenoxy) is 2. The van der Waals surface area contributed by atoms with Crippen LogP contribution in [0.25, 0.3) is 0 Å². The minimum Gasteiger partial charge on any atom is -0.497 e. The Balaban J connectivity index is 1.77. The lowest BCUT2D eigenvalue weighted by Gasteiger charge is -2.16. The van der Waals surface area contributed by atoms with Crippen LogP contribution in [0.15, 0.2) is 63.9 Å². The van der Waals surface area contributed by atoms with Gasteiger partial charge in [-0.3, -0.25) is 14.5 Å². The van der Waals surface area contributed by atoms with Gasteiger partial charge in [-0.1, -0.05) is 36.0 Å². The van der Waals surface area contributed by atoms with Gasteiger partial charge < -0.3 is 14.8 Å². The summed E-state index contributed by atoms with van der Waals surface area (Å²) in [4.78, 5) is 26.9. The van der Waals surface area contributed by atoms with Crippen LogP contribution in [-0.2, 0) is 24.3 Å². The van der Waals surface area contributed by atoms with Gasteiger partial charge in [-0.25, -0.2) is 0 Å². The Morgan fingerprint density at radius 3 is 2.61 bits per heavy atom. The maximum absolute atomic E-state index is 13.0. The van der Waals surface area contributed by atoms with E-state index < -0.39 is 15.3 Å². The minimum absolute atomic E-state index is 0.0293. The molecule has 11 heteroatoms. The molecule has 2 aromatic carbocycles. The molecule has 0 spiro atoms. The summed E-state index contributed by atoms with van der Waals surface area (Å²) in [6.07, 6.45) is 0.363. The lowest BCUT2D eigenvalue weighted by Crippen LogP contribution is -2.35. The van der Waals surface area contributed by atoms with E-state index in [1.54, 1.807) is 49.6 Å². The second kappa shape index (κ2) is 11.3. The van der Waals surface area contributed by atoms with E-state index in [-0.39, 0.29) is 34.8 Å². The van der Waals surface area contributed by atoms with Crippen LogP contribution in [0, 0.1) is 0 Å². The van der Waals surface area contributed by atoms with Crippen molar-refractivity contribution in [2.45, 2.75) is 23.0 Å². The summed E-state index contributed by atoms with van der Waals surface area (Å²) < 4.78 is 39.6. The maximum Gasteiger partial charge on any atom is 0.284 e. The summed E-state index contributed by atoms with van der Waals surface area (Å²) in [5, 5.41) is 2.00. The number of benzene rings is 2. The van der Waals surface area contributed by atoms with Crippen molar-refractivity contribution < 1.29 is 27.5 Å². The summed E-state index contributed by atoms with van der Waals surface area (Å²) in [5.74, 6) is -0.152. The normalized spacial score (nSPS) is 17.4. The first-order valence-electron chi connectivity index (χ1n) is 10.1. The van der Waals surface area contributed by atoms with E-state index in [1.807, 2.05) is 0 Å². The second-order valence-electron chi connectivity index (χ2n) is 7.09. The number of nitrogens with zero attached hydrogens (tertiary/aromatic N) is 2. The number of methoxy groups -OCH3 is 2. The van der Waals surface area contributed by atoms with E-state index in [0.29, 0.717) is 24.5 Å². The molecule has 3 rings (SSSR count). The standard InChI is InChI=1S/C22H25N3O6S2/c1-30-13-7-12-25-21(27)19(15-20(26)23-16-8-6-9-17(14-16)31-2)32-22(25)24-33(28,29)18-10-4-3-5-11-18/h3-6,8-11,14,19H,7,12-13,15H2,1-2H3,(H,23,26)/t19-/m1/s1. The average molecular weight is 492 g/mol. The van der Waals surface area contributed by atoms with Gasteiger partial charge in [0.25, 0.3) is 10.0 Å². The number of hydrogen-bond donors (Lipinski definition) is 1. The number of thioether (sulfide) groups is 1. The number of anilines is 1. The van der Waals surface area contributed by atoms with Crippen LogP contribution in [0.3, 0.4) is 0 Å². The third-order valence-electron chi connectivity index (χ3n) is 4.71. The van der Waals surface area contributed by atoms with Crippen molar-refractivity contribution in [3.8, 4) is 5.75 Å². The number of amides is 2. The van der Waals surface area contributed by atoms with Crippen LogP contribution >= 0.6 is 11.8 Å². The third kappa shape index (κ3) is 6.56. The van der Waals surface area contributed by atoms with Gasteiger partial charge in [0.1, 0.15) is 11.0 Å². The zero-order chi connectivity index (χ0) is 23.8. The molecular formula is C22H25N3O6S2. The molecule has 1 fully saturated rings. The van der Waals surface area contributed by atoms with Crippen LogP contribution in [0.4, 0.5) is 5.69 Å². The van der Waals surface area contributed by atoms with Crippen molar-refractivity contribution in [3.05, 3.63) is 54.6 Å². The molecule has 1 saturated heterocycles.